The molecule has 1 aromatic heterocycles. The predicted molar refractivity (Wildman–Crippen MR) is 68.4 cm³/mol. The zero-order valence-electron chi connectivity index (χ0n) is 10.9. The Kier molecular flexibility index (Phi) is 4.42. The summed E-state index contributed by atoms with van der Waals surface area (Å²) in [4.78, 5) is 13.2. The van der Waals surface area contributed by atoms with E-state index in [0.717, 1.165) is 50.2 Å². The Morgan fingerprint density at radius 2 is 2.22 bits per heavy atom. The van der Waals surface area contributed by atoms with Gasteiger partial charge in [0.15, 0.2) is 0 Å². The molecule has 18 heavy (non-hydrogen) atoms. The summed E-state index contributed by atoms with van der Waals surface area (Å²) in [5.41, 5.74) is 0. The van der Waals surface area contributed by atoms with Crippen LogP contribution in [0.2, 0.25) is 0 Å². The standard InChI is InChI=1S/C14H21NO3/c1-2-5-11-7-8-12(18-11)10-15-9-4-3-6-13(15)14(16)17/h7-8,13H,2-6,9-10H2,1H3,(H,16,17). The lowest BCUT2D eigenvalue weighted by Gasteiger charge is -2.31. The summed E-state index contributed by atoms with van der Waals surface area (Å²) in [5, 5.41) is 9.20. The maximum absolute atomic E-state index is 11.2. The Labute approximate surface area is 108 Å². The Morgan fingerprint density at radius 1 is 1.44 bits per heavy atom. The number of aliphatic carboxylic acids is 1. The first-order valence-corrected chi connectivity index (χ1v) is 6.75. The fourth-order valence-corrected chi connectivity index (χ4v) is 2.55. The van der Waals surface area contributed by atoms with E-state index in [4.69, 9.17) is 4.42 Å². The molecule has 1 aliphatic rings. The minimum absolute atomic E-state index is 0.349. The van der Waals surface area contributed by atoms with Gasteiger partial charge in [-0.1, -0.05) is 13.3 Å². The number of hydrogen-bond acceptors (Lipinski definition) is 3. The molecule has 0 bridgehead atoms. The monoisotopic (exact) mass is 251 g/mol. The number of carboxylic acid groups (broad SMARTS) is 1. The lowest BCUT2D eigenvalue weighted by Crippen LogP contribution is -2.43. The summed E-state index contributed by atoms with van der Waals surface area (Å²) in [7, 11) is 0. The molecule has 2 rings (SSSR count). The van der Waals surface area contributed by atoms with Crippen LogP contribution < -0.4 is 0 Å². The molecular weight excluding hydrogens is 230 g/mol. The first-order valence-electron chi connectivity index (χ1n) is 6.75. The van der Waals surface area contributed by atoms with Gasteiger partial charge in [0.1, 0.15) is 17.6 Å². The van der Waals surface area contributed by atoms with Crippen LogP contribution >= 0.6 is 0 Å². The zero-order valence-corrected chi connectivity index (χ0v) is 10.9. The first-order chi connectivity index (χ1) is 8.70. The van der Waals surface area contributed by atoms with Gasteiger partial charge in [-0.15, -0.1) is 0 Å². The van der Waals surface area contributed by atoms with Crippen molar-refractivity contribution < 1.29 is 14.3 Å². The third-order valence-corrected chi connectivity index (χ3v) is 3.47. The molecular formula is C14H21NO3. The maximum atomic E-state index is 11.2. The van der Waals surface area contributed by atoms with Gasteiger partial charge in [0.2, 0.25) is 0 Å². The predicted octanol–water partition coefficient (Wildman–Crippen LogP) is 2.67. The quantitative estimate of drug-likeness (QED) is 0.874. The summed E-state index contributed by atoms with van der Waals surface area (Å²) in [5.74, 6) is 1.16. The molecule has 2 heterocycles. The Morgan fingerprint density at radius 3 is 2.94 bits per heavy atom. The number of carbonyl (C=O) groups is 1. The van der Waals surface area contributed by atoms with Gasteiger partial charge in [-0.2, -0.15) is 0 Å². The van der Waals surface area contributed by atoms with Crippen molar-refractivity contribution in [1.29, 1.82) is 0 Å². The van der Waals surface area contributed by atoms with E-state index in [1.54, 1.807) is 0 Å². The highest BCUT2D eigenvalue weighted by Crippen LogP contribution is 2.21. The van der Waals surface area contributed by atoms with Crippen LogP contribution in [0.5, 0.6) is 0 Å². The van der Waals surface area contributed by atoms with E-state index in [9.17, 15) is 9.90 Å². The summed E-state index contributed by atoms with van der Waals surface area (Å²) in [6.45, 7) is 3.58. The second-order valence-corrected chi connectivity index (χ2v) is 4.94. The van der Waals surface area contributed by atoms with Crippen LogP contribution in [0.15, 0.2) is 16.5 Å². The molecule has 4 heteroatoms. The molecule has 0 radical (unpaired) electrons. The van der Waals surface area contributed by atoms with Crippen LogP contribution in [0, 0.1) is 0 Å². The average Bonchev–Trinajstić information content (AvgIpc) is 2.77. The average molecular weight is 251 g/mol. The smallest absolute Gasteiger partial charge is 0.320 e. The van der Waals surface area contributed by atoms with Crippen molar-refractivity contribution in [3.05, 3.63) is 23.7 Å². The zero-order chi connectivity index (χ0) is 13.0. The molecule has 0 amide bonds. The van der Waals surface area contributed by atoms with Crippen molar-refractivity contribution in [2.45, 2.75) is 51.6 Å². The fraction of sp³-hybridized carbons (Fsp3) is 0.643. The Bertz CT molecular complexity index is 399. The van der Waals surface area contributed by atoms with Gasteiger partial charge < -0.3 is 9.52 Å². The molecule has 1 unspecified atom stereocenters. The number of hydrogen-bond donors (Lipinski definition) is 1. The van der Waals surface area contributed by atoms with E-state index in [1.165, 1.54) is 0 Å². The lowest BCUT2D eigenvalue weighted by molar-refractivity contribution is -0.145. The van der Waals surface area contributed by atoms with Crippen LogP contribution in [0.4, 0.5) is 0 Å². The summed E-state index contributed by atoms with van der Waals surface area (Å²) in [6.07, 6.45) is 4.84. The van der Waals surface area contributed by atoms with Gasteiger partial charge >= 0.3 is 5.97 Å². The third-order valence-electron chi connectivity index (χ3n) is 3.47. The summed E-state index contributed by atoms with van der Waals surface area (Å²) < 4.78 is 5.72. The van der Waals surface area contributed by atoms with Gasteiger partial charge in [-0.25, -0.2) is 0 Å². The van der Waals surface area contributed by atoms with E-state index < -0.39 is 5.97 Å². The van der Waals surface area contributed by atoms with Crippen LogP contribution in [0.1, 0.15) is 44.1 Å². The van der Waals surface area contributed by atoms with Crippen LogP contribution in [0.3, 0.4) is 0 Å². The second-order valence-electron chi connectivity index (χ2n) is 4.94. The Balaban J connectivity index is 1.99. The molecule has 1 atom stereocenters. The van der Waals surface area contributed by atoms with Gasteiger partial charge in [0.25, 0.3) is 0 Å². The SMILES string of the molecule is CCCc1ccc(CN2CCCCC2C(=O)O)o1. The molecule has 1 aliphatic heterocycles. The summed E-state index contributed by atoms with van der Waals surface area (Å²) >= 11 is 0. The van der Waals surface area contributed by atoms with Crippen LogP contribution in [-0.4, -0.2) is 28.6 Å². The summed E-state index contributed by atoms with van der Waals surface area (Å²) in [6, 6.07) is 3.62. The highest BCUT2D eigenvalue weighted by molar-refractivity contribution is 5.73. The normalized spacial score (nSPS) is 21.1. The van der Waals surface area contributed by atoms with Crippen LogP contribution in [0.25, 0.3) is 0 Å². The first kappa shape index (κ1) is 13.1. The number of rotatable bonds is 5. The van der Waals surface area contributed by atoms with Gasteiger partial charge in [0, 0.05) is 6.42 Å². The molecule has 0 aliphatic carbocycles. The molecule has 0 saturated carbocycles. The van der Waals surface area contributed by atoms with E-state index in [0.29, 0.717) is 6.54 Å². The highest BCUT2D eigenvalue weighted by Gasteiger charge is 2.28. The van der Waals surface area contributed by atoms with Crippen molar-refractivity contribution in [3.8, 4) is 0 Å². The molecule has 1 fully saturated rings. The molecule has 100 valence electrons. The number of aryl methyl sites for hydroxylation is 1. The number of carboxylic acids is 1. The Hall–Kier alpha value is -1.29. The van der Waals surface area contributed by atoms with E-state index in [2.05, 4.69) is 6.92 Å². The largest absolute Gasteiger partial charge is 0.480 e. The van der Waals surface area contributed by atoms with Gasteiger partial charge in [-0.3, -0.25) is 9.69 Å². The second kappa shape index (κ2) is 6.05. The van der Waals surface area contributed by atoms with Crippen molar-refractivity contribution in [1.82, 2.24) is 4.90 Å². The fourth-order valence-electron chi connectivity index (χ4n) is 2.55. The molecule has 0 spiro atoms. The van der Waals surface area contributed by atoms with E-state index in [-0.39, 0.29) is 6.04 Å². The number of nitrogens with zero attached hydrogens (tertiary/aromatic N) is 1. The van der Waals surface area contributed by atoms with Crippen molar-refractivity contribution in [2.75, 3.05) is 6.54 Å². The highest BCUT2D eigenvalue weighted by atomic mass is 16.4. The minimum Gasteiger partial charge on any atom is -0.480 e. The number of likely N-dealkylation sites (tertiary alicyclic amines) is 1. The molecule has 0 aromatic carbocycles. The van der Waals surface area contributed by atoms with E-state index in [1.807, 2.05) is 17.0 Å². The van der Waals surface area contributed by atoms with Crippen molar-refractivity contribution in [3.63, 3.8) is 0 Å². The van der Waals surface area contributed by atoms with Crippen LogP contribution in [-0.2, 0) is 17.8 Å². The number of piperidine rings is 1. The van der Waals surface area contributed by atoms with E-state index >= 15 is 0 Å². The molecule has 1 saturated heterocycles. The van der Waals surface area contributed by atoms with Crippen molar-refractivity contribution in [2.24, 2.45) is 0 Å². The molecule has 1 aromatic rings. The third kappa shape index (κ3) is 3.13. The van der Waals surface area contributed by atoms with Gasteiger partial charge in [0.05, 0.1) is 6.54 Å². The molecule has 1 N–H and O–H groups in total. The lowest BCUT2D eigenvalue weighted by atomic mass is 10.0. The van der Waals surface area contributed by atoms with Crippen molar-refractivity contribution >= 4 is 5.97 Å². The molecule has 4 nitrogen and oxygen atoms in total. The van der Waals surface area contributed by atoms with Gasteiger partial charge in [-0.05, 0) is 37.9 Å². The minimum atomic E-state index is -0.713. The number of furan rings is 1. The maximum Gasteiger partial charge on any atom is 0.320 e. The topological polar surface area (TPSA) is 53.7 Å².